The van der Waals surface area contributed by atoms with Crippen LogP contribution in [0.15, 0.2) is 4.99 Å². The van der Waals surface area contributed by atoms with Crippen molar-refractivity contribution < 1.29 is 4.74 Å². The normalized spacial score (nSPS) is 17.9. The van der Waals surface area contributed by atoms with Crippen molar-refractivity contribution in [1.82, 2.24) is 4.90 Å². The molecule has 0 bridgehead atoms. The number of hydrogen-bond acceptors (Lipinski definition) is 2. The first-order chi connectivity index (χ1) is 6.63. The minimum Gasteiger partial charge on any atom is -0.381 e. The van der Waals surface area contributed by atoms with Crippen LogP contribution in [0.25, 0.3) is 0 Å². The summed E-state index contributed by atoms with van der Waals surface area (Å²) in [6.45, 7) is 1.54. The molecule has 1 saturated heterocycles. The van der Waals surface area contributed by atoms with Gasteiger partial charge in [-0.2, -0.15) is 4.99 Å². The number of methoxy groups -OCH3 is 1. The molecule has 0 spiro atoms. The highest BCUT2D eigenvalue weighted by Gasteiger charge is 2.20. The van der Waals surface area contributed by atoms with Gasteiger partial charge >= 0.3 is 0 Å². The average molecular weight is 199 g/mol. The van der Waals surface area contributed by atoms with Gasteiger partial charge in [-0.3, -0.25) is 5.41 Å². The van der Waals surface area contributed by atoms with Gasteiger partial charge in [-0.05, 0) is 12.8 Å². The smallest absolute Gasteiger partial charge is 0.221 e. The number of aliphatic imine (C=N–C) groups is 1. The summed E-state index contributed by atoms with van der Waals surface area (Å²) in [4.78, 5) is 5.54. The van der Waals surface area contributed by atoms with Gasteiger partial charge in [-0.25, -0.2) is 0 Å². The largest absolute Gasteiger partial charge is 0.381 e. The van der Waals surface area contributed by atoms with Crippen molar-refractivity contribution in [3.63, 3.8) is 0 Å². The van der Waals surface area contributed by atoms with Gasteiger partial charge in [-0.15, -0.1) is 0 Å². The molecule has 14 heavy (non-hydrogen) atoms. The van der Waals surface area contributed by atoms with Crippen molar-refractivity contribution in [2.75, 3.05) is 20.2 Å². The first-order valence-electron chi connectivity index (χ1n) is 4.59. The Labute approximate surface area is 83.4 Å². The zero-order valence-corrected chi connectivity index (χ0v) is 8.36. The van der Waals surface area contributed by atoms with E-state index >= 15 is 0 Å². The Kier molecular flexibility index (Phi) is 3.70. The minimum absolute atomic E-state index is 0.0659. The summed E-state index contributed by atoms with van der Waals surface area (Å²) >= 11 is 0. The third kappa shape index (κ3) is 2.88. The van der Waals surface area contributed by atoms with Gasteiger partial charge in [0.1, 0.15) is 0 Å². The van der Waals surface area contributed by atoms with E-state index in [2.05, 4.69) is 4.99 Å². The van der Waals surface area contributed by atoms with Crippen LogP contribution in [0.4, 0.5) is 0 Å². The zero-order valence-electron chi connectivity index (χ0n) is 8.36. The van der Waals surface area contributed by atoms with E-state index in [0.29, 0.717) is 6.10 Å². The number of rotatable bonds is 1. The van der Waals surface area contributed by atoms with Crippen LogP contribution in [0.3, 0.4) is 0 Å². The molecule has 0 amide bonds. The summed E-state index contributed by atoms with van der Waals surface area (Å²) in [5, 5.41) is 7.57. The number of nitrogens with zero attached hydrogens (tertiary/aromatic N) is 2. The van der Waals surface area contributed by atoms with Gasteiger partial charge in [0.2, 0.25) is 5.96 Å². The van der Waals surface area contributed by atoms with E-state index in [1.54, 1.807) is 7.11 Å². The lowest BCUT2D eigenvalue weighted by atomic mass is 10.1. The molecular formula is C8H17N5O. The molecule has 0 atom stereocenters. The van der Waals surface area contributed by atoms with Crippen molar-refractivity contribution in [3.05, 3.63) is 0 Å². The fourth-order valence-electron chi connectivity index (χ4n) is 1.50. The lowest BCUT2D eigenvalue weighted by molar-refractivity contribution is 0.0575. The predicted octanol–water partition coefficient (Wildman–Crippen LogP) is -0.695. The summed E-state index contributed by atoms with van der Waals surface area (Å²) in [5.41, 5.74) is 10.4. The first-order valence-corrected chi connectivity index (χ1v) is 4.59. The van der Waals surface area contributed by atoms with Crippen LogP contribution in [0.1, 0.15) is 12.8 Å². The van der Waals surface area contributed by atoms with Crippen LogP contribution in [-0.4, -0.2) is 43.1 Å². The number of nitrogens with two attached hydrogens (primary N) is 2. The van der Waals surface area contributed by atoms with Crippen molar-refractivity contribution in [2.45, 2.75) is 18.9 Å². The molecule has 1 rings (SSSR count). The highest BCUT2D eigenvalue weighted by molar-refractivity contribution is 5.91. The van der Waals surface area contributed by atoms with E-state index in [4.69, 9.17) is 21.6 Å². The average Bonchev–Trinajstić information content (AvgIpc) is 2.17. The van der Waals surface area contributed by atoms with Crippen molar-refractivity contribution in [1.29, 1.82) is 5.41 Å². The van der Waals surface area contributed by atoms with Crippen molar-refractivity contribution in [3.8, 4) is 0 Å². The van der Waals surface area contributed by atoms with E-state index in [0.717, 1.165) is 25.9 Å². The second-order valence-corrected chi connectivity index (χ2v) is 3.28. The van der Waals surface area contributed by atoms with E-state index in [-0.39, 0.29) is 11.9 Å². The molecule has 0 aromatic carbocycles. The van der Waals surface area contributed by atoms with Gasteiger partial charge in [0.05, 0.1) is 6.10 Å². The third-order valence-electron chi connectivity index (χ3n) is 2.31. The highest BCUT2D eigenvalue weighted by Crippen LogP contribution is 2.12. The topological polar surface area (TPSA) is 101 Å². The summed E-state index contributed by atoms with van der Waals surface area (Å²) in [6, 6.07) is 0. The summed E-state index contributed by atoms with van der Waals surface area (Å²) in [7, 11) is 1.71. The van der Waals surface area contributed by atoms with Crippen LogP contribution < -0.4 is 11.5 Å². The zero-order chi connectivity index (χ0) is 10.6. The maximum absolute atomic E-state index is 7.57. The molecule has 0 unspecified atom stereocenters. The maximum Gasteiger partial charge on any atom is 0.221 e. The van der Waals surface area contributed by atoms with Crippen LogP contribution >= 0.6 is 0 Å². The van der Waals surface area contributed by atoms with Gasteiger partial charge < -0.3 is 21.1 Å². The second-order valence-electron chi connectivity index (χ2n) is 3.28. The summed E-state index contributed by atoms with van der Waals surface area (Å²) in [5.74, 6) is 0.0726. The van der Waals surface area contributed by atoms with E-state index in [1.165, 1.54) is 0 Å². The number of guanidine groups is 2. The number of likely N-dealkylation sites (tertiary alicyclic amines) is 1. The fourth-order valence-corrected chi connectivity index (χ4v) is 1.50. The Hall–Kier alpha value is -1.30. The predicted molar refractivity (Wildman–Crippen MR) is 55.1 cm³/mol. The van der Waals surface area contributed by atoms with Crippen molar-refractivity contribution in [2.24, 2.45) is 16.5 Å². The second kappa shape index (κ2) is 4.80. The van der Waals surface area contributed by atoms with Crippen LogP contribution in [0, 0.1) is 5.41 Å². The first kappa shape index (κ1) is 10.8. The molecule has 0 saturated carbocycles. The Bertz CT molecular complexity index is 228. The molecule has 1 aliphatic heterocycles. The summed E-state index contributed by atoms with van der Waals surface area (Å²) in [6.07, 6.45) is 2.14. The Balaban J connectivity index is 2.42. The highest BCUT2D eigenvalue weighted by atomic mass is 16.5. The molecule has 6 heteroatoms. The quantitative estimate of drug-likeness (QED) is 0.384. The number of nitrogens with one attached hydrogen (secondary N) is 1. The molecule has 1 fully saturated rings. The summed E-state index contributed by atoms with van der Waals surface area (Å²) < 4.78 is 5.22. The molecule has 6 nitrogen and oxygen atoms in total. The molecule has 0 aliphatic carbocycles. The number of ether oxygens (including phenoxy) is 1. The minimum atomic E-state index is -0.0659. The van der Waals surface area contributed by atoms with Crippen LogP contribution in [0.2, 0.25) is 0 Å². The lowest BCUT2D eigenvalue weighted by Crippen LogP contribution is -2.40. The Morgan fingerprint density at radius 3 is 2.43 bits per heavy atom. The maximum atomic E-state index is 7.57. The van der Waals surface area contributed by atoms with Gasteiger partial charge in [-0.1, -0.05) is 0 Å². The third-order valence-corrected chi connectivity index (χ3v) is 2.31. The number of hydrogen-bond donors (Lipinski definition) is 3. The SMILES string of the molecule is COC1CCN(C(=N)N=C(N)N)CC1. The molecule has 0 aromatic rings. The Morgan fingerprint density at radius 1 is 1.43 bits per heavy atom. The number of piperidine rings is 1. The molecule has 80 valence electrons. The van der Waals surface area contributed by atoms with Gasteiger partial charge in [0.15, 0.2) is 5.96 Å². The monoisotopic (exact) mass is 199 g/mol. The van der Waals surface area contributed by atoms with Gasteiger partial charge in [0.25, 0.3) is 0 Å². The fraction of sp³-hybridized carbons (Fsp3) is 0.750. The molecule has 0 radical (unpaired) electrons. The van der Waals surface area contributed by atoms with E-state index in [1.807, 2.05) is 4.90 Å². The molecule has 1 aliphatic rings. The van der Waals surface area contributed by atoms with Crippen LogP contribution in [-0.2, 0) is 4.74 Å². The lowest BCUT2D eigenvalue weighted by Gasteiger charge is -2.31. The van der Waals surface area contributed by atoms with E-state index < -0.39 is 0 Å². The molecular weight excluding hydrogens is 182 g/mol. The van der Waals surface area contributed by atoms with Crippen molar-refractivity contribution >= 4 is 11.9 Å². The van der Waals surface area contributed by atoms with E-state index in [9.17, 15) is 0 Å². The molecule has 0 aromatic heterocycles. The molecule has 5 N–H and O–H groups in total. The van der Waals surface area contributed by atoms with Crippen LogP contribution in [0.5, 0.6) is 0 Å². The molecule has 1 heterocycles. The van der Waals surface area contributed by atoms with Gasteiger partial charge in [0, 0.05) is 20.2 Å². The standard InChI is InChI=1S/C8H17N5O/c1-14-6-2-4-13(5-3-6)8(11)12-7(9)10/h6H,2-5H2,1H3,(H5,9,10,11,12). The Morgan fingerprint density at radius 2 is 2.00 bits per heavy atom.